The first-order valence-corrected chi connectivity index (χ1v) is 8.02. The Labute approximate surface area is 152 Å². The summed E-state index contributed by atoms with van der Waals surface area (Å²) in [7, 11) is 0. The number of halogens is 3. The summed E-state index contributed by atoms with van der Waals surface area (Å²) in [6.45, 7) is 0. The molecule has 0 aliphatic carbocycles. The number of hydrogen-bond donors (Lipinski definition) is 1. The molecule has 8 heteroatoms. The van der Waals surface area contributed by atoms with Crippen molar-refractivity contribution in [2.24, 2.45) is 5.10 Å². The Morgan fingerprint density at radius 3 is 2.57 bits per heavy atom. The van der Waals surface area contributed by atoms with Gasteiger partial charge in [-0.15, -0.1) is 0 Å². The van der Waals surface area contributed by atoms with Crippen LogP contribution in [-0.2, 0) is 0 Å². The van der Waals surface area contributed by atoms with E-state index in [0.29, 0.717) is 25.7 Å². The van der Waals surface area contributed by atoms with Crippen molar-refractivity contribution in [2.45, 2.75) is 0 Å². The fraction of sp³-hybridized carbons (Fsp3) is 0. The summed E-state index contributed by atoms with van der Waals surface area (Å²) >= 11 is 23.3. The molecule has 3 rings (SSSR count). The lowest BCUT2D eigenvalue weighted by molar-refractivity contribution is 0.871. The Hall–Kier alpha value is -1.66. The molecule has 1 N–H and O–H groups in total. The third kappa shape index (κ3) is 3.48. The van der Waals surface area contributed by atoms with Crippen molar-refractivity contribution in [3.05, 3.63) is 67.9 Å². The first kappa shape index (κ1) is 16.2. The van der Waals surface area contributed by atoms with E-state index in [-0.39, 0.29) is 0 Å². The molecule has 0 fully saturated rings. The molecule has 0 bridgehead atoms. The summed E-state index contributed by atoms with van der Waals surface area (Å²) in [6, 6.07) is 12.6. The summed E-state index contributed by atoms with van der Waals surface area (Å²) in [6.07, 6.45) is 1.62. The van der Waals surface area contributed by atoms with Crippen LogP contribution in [0.1, 0.15) is 5.56 Å². The van der Waals surface area contributed by atoms with Gasteiger partial charge in [-0.3, -0.25) is 0 Å². The Morgan fingerprint density at radius 1 is 1.04 bits per heavy atom. The van der Waals surface area contributed by atoms with Gasteiger partial charge >= 0.3 is 0 Å². The number of aromatic nitrogens is 3. The highest BCUT2D eigenvalue weighted by Crippen LogP contribution is 2.26. The van der Waals surface area contributed by atoms with Crippen LogP contribution in [0.15, 0.2) is 47.6 Å². The number of benzene rings is 2. The molecule has 0 aliphatic heterocycles. The van der Waals surface area contributed by atoms with Crippen molar-refractivity contribution in [1.29, 1.82) is 0 Å². The molecular formula is C15H9Cl3N4S. The Kier molecular flexibility index (Phi) is 4.82. The van der Waals surface area contributed by atoms with E-state index in [1.54, 1.807) is 30.5 Å². The third-order valence-electron chi connectivity index (χ3n) is 3.03. The van der Waals surface area contributed by atoms with Gasteiger partial charge in [-0.1, -0.05) is 53.0 Å². The van der Waals surface area contributed by atoms with Gasteiger partial charge in [0.1, 0.15) is 0 Å². The van der Waals surface area contributed by atoms with Gasteiger partial charge in [0.2, 0.25) is 4.77 Å². The van der Waals surface area contributed by atoms with E-state index in [1.165, 1.54) is 4.68 Å². The van der Waals surface area contributed by atoms with Crippen molar-refractivity contribution in [3.8, 4) is 11.4 Å². The lowest BCUT2D eigenvalue weighted by Crippen LogP contribution is -1.95. The summed E-state index contributed by atoms with van der Waals surface area (Å²) in [4.78, 5) is 0. The molecule has 1 heterocycles. The number of H-pyrrole nitrogens is 1. The minimum absolute atomic E-state index is 0.358. The topological polar surface area (TPSA) is 46.0 Å². The average molecular weight is 384 g/mol. The van der Waals surface area contributed by atoms with Gasteiger partial charge in [0.05, 0.1) is 21.3 Å². The van der Waals surface area contributed by atoms with Crippen molar-refractivity contribution >= 4 is 53.2 Å². The van der Waals surface area contributed by atoms with Crippen LogP contribution in [0.4, 0.5) is 0 Å². The van der Waals surface area contributed by atoms with E-state index in [1.807, 2.05) is 18.2 Å². The van der Waals surface area contributed by atoms with Gasteiger partial charge in [-0.25, -0.2) is 5.10 Å². The number of nitrogens with zero attached hydrogens (tertiary/aromatic N) is 3. The SMILES string of the molecule is S=c1[nH]nc(-c2ccccc2Cl)n1/N=C/c1ccc(Cl)c(Cl)c1. The normalized spacial score (nSPS) is 11.3. The third-order valence-corrected chi connectivity index (χ3v) is 4.36. The number of aromatic amines is 1. The molecule has 0 unspecified atom stereocenters. The van der Waals surface area contributed by atoms with Crippen molar-refractivity contribution in [3.63, 3.8) is 0 Å². The molecule has 23 heavy (non-hydrogen) atoms. The highest BCUT2D eigenvalue weighted by atomic mass is 35.5. The van der Waals surface area contributed by atoms with E-state index in [2.05, 4.69) is 15.3 Å². The van der Waals surface area contributed by atoms with Crippen molar-refractivity contribution in [1.82, 2.24) is 14.9 Å². The first-order chi connectivity index (χ1) is 11.1. The maximum absolute atomic E-state index is 6.21. The Morgan fingerprint density at radius 2 is 1.83 bits per heavy atom. The fourth-order valence-electron chi connectivity index (χ4n) is 1.93. The quantitative estimate of drug-likeness (QED) is 0.483. The van der Waals surface area contributed by atoms with E-state index in [4.69, 9.17) is 47.0 Å². The molecule has 116 valence electrons. The van der Waals surface area contributed by atoms with Crippen LogP contribution in [0.5, 0.6) is 0 Å². The van der Waals surface area contributed by atoms with Crippen molar-refractivity contribution < 1.29 is 0 Å². The summed E-state index contributed by atoms with van der Waals surface area (Å²) in [5.74, 6) is 0.525. The number of hydrogen-bond acceptors (Lipinski definition) is 3. The van der Waals surface area contributed by atoms with Crippen LogP contribution in [0, 0.1) is 4.77 Å². The molecule has 4 nitrogen and oxygen atoms in total. The molecule has 0 saturated carbocycles. The summed E-state index contributed by atoms with van der Waals surface area (Å²) in [5.41, 5.74) is 1.51. The van der Waals surface area contributed by atoms with Gasteiger partial charge in [0.15, 0.2) is 5.82 Å². The monoisotopic (exact) mass is 382 g/mol. The maximum atomic E-state index is 6.21. The molecule has 0 saturated heterocycles. The molecule has 0 radical (unpaired) electrons. The van der Waals surface area contributed by atoms with Crippen LogP contribution >= 0.6 is 47.0 Å². The zero-order valence-electron chi connectivity index (χ0n) is 11.5. The fourth-order valence-corrected chi connectivity index (χ4v) is 2.64. The molecule has 0 atom stereocenters. The Balaban J connectivity index is 2.02. The Bertz CT molecular complexity index is 946. The van der Waals surface area contributed by atoms with Crippen LogP contribution < -0.4 is 0 Å². The smallest absolute Gasteiger partial charge is 0.216 e. The van der Waals surface area contributed by atoms with Gasteiger partial charge in [-0.05, 0) is 42.0 Å². The molecule has 3 aromatic rings. The van der Waals surface area contributed by atoms with Crippen LogP contribution in [0.25, 0.3) is 11.4 Å². The molecule has 0 amide bonds. The van der Waals surface area contributed by atoms with Crippen LogP contribution in [0.3, 0.4) is 0 Å². The lowest BCUT2D eigenvalue weighted by atomic mass is 10.2. The molecular weight excluding hydrogens is 375 g/mol. The highest BCUT2D eigenvalue weighted by molar-refractivity contribution is 7.71. The van der Waals surface area contributed by atoms with Crippen LogP contribution in [0.2, 0.25) is 15.1 Å². The largest absolute Gasteiger partial charge is 0.250 e. The second kappa shape index (κ2) is 6.84. The minimum atomic E-state index is 0.358. The molecule has 0 aliphatic rings. The van der Waals surface area contributed by atoms with Gasteiger partial charge in [0, 0.05) is 5.56 Å². The van der Waals surface area contributed by atoms with Gasteiger partial charge in [-0.2, -0.15) is 14.9 Å². The van der Waals surface area contributed by atoms with E-state index >= 15 is 0 Å². The summed E-state index contributed by atoms with van der Waals surface area (Å²) in [5, 5.41) is 12.8. The molecule has 0 spiro atoms. The second-order valence-electron chi connectivity index (χ2n) is 4.56. The predicted octanol–water partition coefficient (Wildman–Crippen LogP) is 5.45. The van der Waals surface area contributed by atoms with E-state index < -0.39 is 0 Å². The van der Waals surface area contributed by atoms with Crippen LogP contribution in [-0.4, -0.2) is 21.1 Å². The minimum Gasteiger partial charge on any atom is -0.250 e. The zero-order chi connectivity index (χ0) is 16.4. The first-order valence-electron chi connectivity index (χ1n) is 6.48. The number of rotatable bonds is 3. The number of nitrogens with one attached hydrogen (secondary N) is 1. The second-order valence-corrected chi connectivity index (χ2v) is 6.17. The average Bonchev–Trinajstić information content (AvgIpc) is 2.90. The van der Waals surface area contributed by atoms with Crippen molar-refractivity contribution in [2.75, 3.05) is 0 Å². The zero-order valence-corrected chi connectivity index (χ0v) is 14.6. The lowest BCUT2D eigenvalue weighted by Gasteiger charge is -2.03. The molecule has 2 aromatic carbocycles. The predicted molar refractivity (Wildman–Crippen MR) is 97.3 cm³/mol. The van der Waals surface area contributed by atoms with Gasteiger partial charge in [0.25, 0.3) is 0 Å². The van der Waals surface area contributed by atoms with E-state index in [9.17, 15) is 0 Å². The maximum Gasteiger partial charge on any atom is 0.216 e. The molecule has 1 aromatic heterocycles. The highest BCUT2D eigenvalue weighted by Gasteiger charge is 2.11. The standard InChI is InChI=1S/C15H9Cl3N4S/c16-11-4-2-1-3-10(11)14-20-21-15(23)22(14)19-8-9-5-6-12(17)13(18)7-9/h1-8H,(H,21,23)/b19-8+. The summed E-state index contributed by atoms with van der Waals surface area (Å²) < 4.78 is 1.86. The van der Waals surface area contributed by atoms with Gasteiger partial charge < -0.3 is 0 Å². The van der Waals surface area contributed by atoms with E-state index in [0.717, 1.165) is 11.1 Å².